The van der Waals surface area contributed by atoms with Crippen molar-refractivity contribution in [3.8, 4) is 18.1 Å². The third kappa shape index (κ3) is 5.07. The lowest BCUT2D eigenvalue weighted by atomic mass is 9.78. The summed E-state index contributed by atoms with van der Waals surface area (Å²) in [6.07, 6.45) is 6.45. The van der Waals surface area contributed by atoms with E-state index < -0.39 is 35.3 Å². The molecule has 1 aliphatic heterocycles. The van der Waals surface area contributed by atoms with Gasteiger partial charge in [0.1, 0.15) is 29.4 Å². The molecule has 0 aliphatic carbocycles. The van der Waals surface area contributed by atoms with E-state index in [1.165, 1.54) is 6.92 Å². The van der Waals surface area contributed by atoms with E-state index in [1.54, 1.807) is 30.8 Å². The average Bonchev–Trinajstić information content (AvgIpc) is 3.33. The Bertz CT molecular complexity index is 1470. The number of anilines is 1. The summed E-state index contributed by atoms with van der Waals surface area (Å²) in [5.41, 5.74) is 7.76. The maximum atomic E-state index is 13.3. The summed E-state index contributed by atoms with van der Waals surface area (Å²) in [6.45, 7) is 12.5. The third-order valence-corrected chi connectivity index (χ3v) is 6.80. The minimum atomic E-state index is -1.17. The Hall–Kier alpha value is -3.97. The molecule has 2 aromatic heterocycles. The number of hydrogen-bond donors (Lipinski definition) is 1. The molecule has 3 atom stereocenters. The number of aromatic nitrogens is 4. The molecule has 0 unspecified atom stereocenters. The number of nitrogens with zero attached hydrogens (tertiary/aromatic N) is 4. The zero-order valence-electron chi connectivity index (χ0n) is 22.8. The Labute approximate surface area is 221 Å². The highest BCUT2D eigenvalue weighted by Crippen LogP contribution is 2.42. The van der Waals surface area contributed by atoms with E-state index in [2.05, 4.69) is 20.9 Å². The van der Waals surface area contributed by atoms with Crippen LogP contribution in [0.25, 0.3) is 11.2 Å². The molecule has 200 valence electrons. The first-order chi connectivity index (χ1) is 17.7. The first-order valence-electron chi connectivity index (χ1n) is 12.4. The predicted molar refractivity (Wildman–Crippen MR) is 141 cm³/mol. The van der Waals surface area contributed by atoms with Gasteiger partial charge in [-0.05, 0) is 44.9 Å². The highest BCUT2D eigenvalue weighted by atomic mass is 16.6. The van der Waals surface area contributed by atoms with Gasteiger partial charge in [0.05, 0.1) is 12.7 Å². The largest absolute Gasteiger partial charge is 0.458 e. The van der Waals surface area contributed by atoms with Gasteiger partial charge in [0.15, 0.2) is 17.1 Å². The van der Waals surface area contributed by atoms with Crippen molar-refractivity contribution in [2.45, 2.75) is 84.7 Å². The lowest BCUT2D eigenvalue weighted by Gasteiger charge is -2.30. The summed E-state index contributed by atoms with van der Waals surface area (Å²) in [5.74, 6) is 2.99. The second-order valence-corrected chi connectivity index (χ2v) is 10.6. The van der Waals surface area contributed by atoms with Crippen LogP contribution in [-0.2, 0) is 24.5 Å². The zero-order valence-corrected chi connectivity index (χ0v) is 22.8. The highest BCUT2D eigenvalue weighted by Gasteiger charge is 2.48. The number of hydrogen-bond acceptors (Lipinski definition) is 9. The molecule has 3 heterocycles. The zero-order chi connectivity index (χ0) is 28.0. The maximum Gasteiger partial charge on any atom is 0.308 e. The molecule has 0 spiro atoms. The van der Waals surface area contributed by atoms with Crippen molar-refractivity contribution in [3.63, 3.8) is 0 Å². The monoisotopic (exact) mass is 519 g/mol. The first-order valence-corrected chi connectivity index (χ1v) is 12.4. The second kappa shape index (κ2) is 9.72. The Morgan fingerprint density at radius 3 is 2.66 bits per heavy atom. The number of aryl methyl sites for hydroxylation is 3. The van der Waals surface area contributed by atoms with Crippen molar-refractivity contribution < 1.29 is 23.8 Å². The molecule has 0 radical (unpaired) electrons. The number of rotatable bonds is 6. The van der Waals surface area contributed by atoms with Gasteiger partial charge in [-0.3, -0.25) is 14.2 Å². The summed E-state index contributed by atoms with van der Waals surface area (Å²) >= 11 is 0. The van der Waals surface area contributed by atoms with Crippen LogP contribution in [0.3, 0.4) is 0 Å². The molecule has 1 saturated heterocycles. The molecule has 1 aromatic carbocycles. The van der Waals surface area contributed by atoms with Crippen LogP contribution in [0.5, 0.6) is 5.75 Å². The van der Waals surface area contributed by atoms with Crippen molar-refractivity contribution in [1.82, 2.24) is 19.5 Å². The SMILES string of the molecule is C#C[C@]1(C)O[C@@H](n2cnc3c(N)nc(C)nc32)C[C@@H]1OC(=O)CC(C)(C)c1c(C)cc(C)cc1OC(C)=O. The van der Waals surface area contributed by atoms with Gasteiger partial charge in [0.2, 0.25) is 0 Å². The Balaban J connectivity index is 1.57. The van der Waals surface area contributed by atoms with E-state index in [1.807, 2.05) is 33.8 Å². The van der Waals surface area contributed by atoms with Crippen LogP contribution < -0.4 is 10.5 Å². The maximum absolute atomic E-state index is 13.3. The lowest BCUT2D eigenvalue weighted by molar-refractivity contribution is -0.156. The highest BCUT2D eigenvalue weighted by molar-refractivity contribution is 5.81. The van der Waals surface area contributed by atoms with Gasteiger partial charge in [-0.25, -0.2) is 15.0 Å². The minimum Gasteiger partial charge on any atom is -0.458 e. The van der Waals surface area contributed by atoms with Crippen molar-refractivity contribution in [3.05, 3.63) is 41.0 Å². The molecule has 4 rings (SSSR count). The predicted octanol–water partition coefficient (Wildman–Crippen LogP) is 3.85. The summed E-state index contributed by atoms with van der Waals surface area (Å²) in [7, 11) is 0. The number of terminal acetylenes is 1. The standard InChI is InChI=1S/C28H33N5O5/c1-9-28(8)20(12-21(38-28)33-14-30-24-25(29)31-17(4)32-26(24)33)37-22(35)13-27(6,7)23-16(3)10-15(2)11-19(23)36-18(5)34/h1,10-11,14,20-21H,12-13H2,2-8H3,(H2,29,31,32)/t20-,21+,28-/m0/s1. The smallest absolute Gasteiger partial charge is 0.308 e. The van der Waals surface area contributed by atoms with Crippen LogP contribution in [-0.4, -0.2) is 43.2 Å². The van der Waals surface area contributed by atoms with E-state index in [9.17, 15) is 9.59 Å². The van der Waals surface area contributed by atoms with Gasteiger partial charge >= 0.3 is 11.9 Å². The van der Waals surface area contributed by atoms with Crippen molar-refractivity contribution >= 4 is 28.9 Å². The lowest BCUT2D eigenvalue weighted by Crippen LogP contribution is -2.38. The van der Waals surface area contributed by atoms with Crippen LogP contribution in [0.2, 0.25) is 0 Å². The van der Waals surface area contributed by atoms with E-state index in [4.69, 9.17) is 26.4 Å². The quantitative estimate of drug-likeness (QED) is 0.293. The molecule has 0 saturated carbocycles. The van der Waals surface area contributed by atoms with E-state index >= 15 is 0 Å². The fourth-order valence-electron chi connectivity index (χ4n) is 5.22. The van der Waals surface area contributed by atoms with Crippen molar-refractivity contribution in [1.29, 1.82) is 0 Å². The number of nitrogen functional groups attached to an aromatic ring is 1. The van der Waals surface area contributed by atoms with Gasteiger partial charge in [-0.1, -0.05) is 25.8 Å². The van der Waals surface area contributed by atoms with Crippen LogP contribution in [0.4, 0.5) is 5.82 Å². The van der Waals surface area contributed by atoms with Crippen LogP contribution >= 0.6 is 0 Å². The van der Waals surface area contributed by atoms with Crippen LogP contribution in [0, 0.1) is 33.1 Å². The number of ether oxygens (including phenoxy) is 3. The molecular formula is C28H33N5O5. The van der Waals surface area contributed by atoms with Crippen LogP contribution in [0.15, 0.2) is 18.5 Å². The average molecular weight is 520 g/mol. The summed E-state index contributed by atoms with van der Waals surface area (Å²) < 4.78 is 19.4. The van der Waals surface area contributed by atoms with E-state index in [-0.39, 0.29) is 12.2 Å². The van der Waals surface area contributed by atoms with Gasteiger partial charge < -0.3 is 19.9 Å². The second-order valence-electron chi connectivity index (χ2n) is 10.6. The number of nitrogens with two attached hydrogens (primary N) is 1. The Morgan fingerprint density at radius 1 is 1.29 bits per heavy atom. The van der Waals surface area contributed by atoms with Gasteiger partial charge in [0, 0.05) is 24.3 Å². The van der Waals surface area contributed by atoms with E-state index in [0.717, 1.165) is 16.7 Å². The molecule has 10 nitrogen and oxygen atoms in total. The fourth-order valence-corrected chi connectivity index (χ4v) is 5.22. The van der Waals surface area contributed by atoms with Crippen molar-refractivity contribution in [2.75, 3.05) is 5.73 Å². The molecule has 0 bridgehead atoms. The van der Waals surface area contributed by atoms with E-state index in [0.29, 0.717) is 29.2 Å². The number of benzene rings is 1. The molecule has 1 fully saturated rings. The Kier molecular flexibility index (Phi) is 6.93. The number of esters is 2. The third-order valence-electron chi connectivity index (χ3n) is 6.80. The molecule has 2 N–H and O–H groups in total. The molecule has 1 aliphatic rings. The topological polar surface area (TPSA) is 131 Å². The van der Waals surface area contributed by atoms with Gasteiger partial charge in [-0.15, -0.1) is 6.42 Å². The molecule has 10 heteroatoms. The molecule has 3 aromatic rings. The van der Waals surface area contributed by atoms with Crippen LogP contribution in [0.1, 0.15) is 69.3 Å². The first kappa shape index (κ1) is 27.1. The minimum absolute atomic E-state index is 0.0317. The summed E-state index contributed by atoms with van der Waals surface area (Å²) in [4.78, 5) is 38.0. The van der Waals surface area contributed by atoms with Gasteiger partial charge in [0.25, 0.3) is 0 Å². The Morgan fingerprint density at radius 2 is 2.00 bits per heavy atom. The molecule has 0 amide bonds. The molecular weight excluding hydrogens is 486 g/mol. The number of carbonyl (C=O) groups is 2. The van der Waals surface area contributed by atoms with Gasteiger partial charge in [-0.2, -0.15) is 0 Å². The summed E-state index contributed by atoms with van der Waals surface area (Å²) in [6, 6.07) is 3.79. The number of fused-ring (bicyclic) bond motifs is 1. The fraction of sp³-hybridized carbons (Fsp3) is 0.464. The summed E-state index contributed by atoms with van der Waals surface area (Å²) in [5, 5.41) is 0. The molecule has 38 heavy (non-hydrogen) atoms. The normalized spacial score (nSPS) is 21.3. The number of imidazole rings is 1. The number of carbonyl (C=O) groups excluding carboxylic acids is 2. The van der Waals surface area contributed by atoms with Crippen molar-refractivity contribution in [2.24, 2.45) is 0 Å².